The van der Waals surface area contributed by atoms with Crippen LogP contribution in [-0.4, -0.2) is 16.8 Å². The second-order valence-electron chi connectivity index (χ2n) is 6.01. The quantitative estimate of drug-likeness (QED) is 0.598. The summed E-state index contributed by atoms with van der Waals surface area (Å²) >= 11 is 0. The van der Waals surface area contributed by atoms with Crippen molar-refractivity contribution < 1.29 is 4.58 Å². The topological polar surface area (TPSA) is 3.01 Å². The standard InChI is InChI=1S/C21H20N/c1-16-19-13-5-11-18-12-6-14-20(21(18)19)22(16)15-7-10-17-8-3-2-4-9-17/h2-6,8-9,11-14H,7,10,15H2,1H3/q+1. The van der Waals surface area contributed by atoms with Crippen molar-refractivity contribution in [2.75, 3.05) is 6.54 Å². The number of hydrogen-bond acceptors (Lipinski definition) is 0. The summed E-state index contributed by atoms with van der Waals surface area (Å²) in [5.41, 5.74) is 5.58. The smallest absolute Gasteiger partial charge is 0.195 e. The van der Waals surface area contributed by atoms with Gasteiger partial charge < -0.3 is 0 Å². The molecule has 0 radical (unpaired) electrons. The molecular formula is C21H20N+. The van der Waals surface area contributed by atoms with Gasteiger partial charge in [0.25, 0.3) is 0 Å². The maximum atomic E-state index is 2.49. The summed E-state index contributed by atoms with van der Waals surface area (Å²) in [6.07, 6.45) is 2.31. The first-order chi connectivity index (χ1) is 10.8. The normalized spacial score (nSPS) is 13.1. The van der Waals surface area contributed by atoms with Crippen LogP contribution < -0.4 is 0 Å². The minimum absolute atomic E-state index is 1.08. The van der Waals surface area contributed by atoms with E-state index in [1.165, 1.54) is 39.7 Å². The van der Waals surface area contributed by atoms with Crippen LogP contribution in [0.5, 0.6) is 0 Å². The van der Waals surface area contributed by atoms with E-state index >= 15 is 0 Å². The van der Waals surface area contributed by atoms with Gasteiger partial charge in [0.1, 0.15) is 6.54 Å². The molecular weight excluding hydrogens is 266 g/mol. The lowest BCUT2D eigenvalue weighted by Gasteiger charge is -2.03. The molecule has 3 aromatic carbocycles. The van der Waals surface area contributed by atoms with E-state index in [2.05, 4.69) is 78.2 Å². The van der Waals surface area contributed by atoms with Crippen molar-refractivity contribution in [2.45, 2.75) is 19.8 Å². The molecule has 0 aliphatic carbocycles. The van der Waals surface area contributed by atoms with Gasteiger partial charge in [-0.25, -0.2) is 0 Å². The van der Waals surface area contributed by atoms with E-state index < -0.39 is 0 Å². The molecule has 0 bridgehead atoms. The fourth-order valence-corrected chi connectivity index (χ4v) is 3.55. The third-order valence-electron chi connectivity index (χ3n) is 4.66. The second-order valence-corrected chi connectivity index (χ2v) is 6.01. The summed E-state index contributed by atoms with van der Waals surface area (Å²) in [6, 6.07) is 24.0. The molecule has 0 spiro atoms. The molecule has 22 heavy (non-hydrogen) atoms. The summed E-state index contributed by atoms with van der Waals surface area (Å²) in [5, 5.41) is 2.77. The highest BCUT2D eigenvalue weighted by Crippen LogP contribution is 2.35. The molecule has 1 heteroatoms. The molecule has 0 unspecified atom stereocenters. The third kappa shape index (κ3) is 2.14. The van der Waals surface area contributed by atoms with Gasteiger partial charge in [0.05, 0.1) is 10.9 Å². The van der Waals surface area contributed by atoms with E-state index in [4.69, 9.17) is 0 Å². The number of rotatable bonds is 4. The first-order valence-corrected chi connectivity index (χ1v) is 8.02. The van der Waals surface area contributed by atoms with Crippen LogP contribution in [0.25, 0.3) is 10.8 Å². The van der Waals surface area contributed by atoms with Crippen LogP contribution in [-0.2, 0) is 6.42 Å². The van der Waals surface area contributed by atoms with E-state index in [0.717, 1.165) is 13.0 Å². The Bertz CT molecular complexity index is 854. The largest absolute Gasteiger partial charge is 0.214 e. The van der Waals surface area contributed by atoms with Crippen molar-refractivity contribution in [1.82, 2.24) is 0 Å². The average molecular weight is 286 g/mol. The van der Waals surface area contributed by atoms with E-state index in [-0.39, 0.29) is 0 Å². The monoisotopic (exact) mass is 286 g/mol. The highest BCUT2D eigenvalue weighted by Gasteiger charge is 2.28. The Kier molecular flexibility index (Phi) is 3.27. The Hall–Kier alpha value is -2.41. The van der Waals surface area contributed by atoms with Crippen molar-refractivity contribution >= 4 is 22.2 Å². The molecule has 0 fully saturated rings. The van der Waals surface area contributed by atoms with Crippen LogP contribution in [0.4, 0.5) is 5.69 Å². The van der Waals surface area contributed by atoms with Gasteiger partial charge in [0.2, 0.25) is 5.69 Å². The fourth-order valence-electron chi connectivity index (χ4n) is 3.55. The molecule has 1 heterocycles. The molecule has 1 aliphatic rings. The van der Waals surface area contributed by atoms with E-state index in [1.54, 1.807) is 0 Å². The van der Waals surface area contributed by atoms with Crippen LogP contribution in [0.2, 0.25) is 0 Å². The predicted molar refractivity (Wildman–Crippen MR) is 93.3 cm³/mol. The highest BCUT2D eigenvalue weighted by molar-refractivity contribution is 6.14. The summed E-state index contributed by atoms with van der Waals surface area (Å²) in [6.45, 7) is 3.33. The van der Waals surface area contributed by atoms with Gasteiger partial charge in [0.15, 0.2) is 5.71 Å². The molecule has 0 aromatic heterocycles. The predicted octanol–water partition coefficient (Wildman–Crippen LogP) is 4.94. The Morgan fingerprint density at radius 3 is 2.41 bits per heavy atom. The number of nitrogens with zero attached hydrogens (tertiary/aromatic N) is 1. The van der Waals surface area contributed by atoms with Crippen LogP contribution in [0.1, 0.15) is 24.5 Å². The molecule has 1 nitrogen and oxygen atoms in total. The SMILES string of the molecule is CC1=[N+](CCCc2ccccc2)c2cccc3cccc1c23. The first kappa shape index (κ1) is 13.3. The van der Waals surface area contributed by atoms with Gasteiger partial charge in [-0.05, 0) is 23.4 Å². The molecule has 3 aromatic rings. The van der Waals surface area contributed by atoms with Crippen LogP contribution in [0.3, 0.4) is 0 Å². The maximum absolute atomic E-state index is 2.49. The number of benzene rings is 3. The Morgan fingerprint density at radius 1 is 0.818 bits per heavy atom. The van der Waals surface area contributed by atoms with Crippen molar-refractivity contribution in [3.8, 4) is 0 Å². The maximum Gasteiger partial charge on any atom is 0.214 e. The van der Waals surface area contributed by atoms with Crippen molar-refractivity contribution in [3.05, 3.63) is 77.9 Å². The minimum Gasteiger partial charge on any atom is -0.195 e. The Morgan fingerprint density at radius 2 is 1.59 bits per heavy atom. The van der Waals surface area contributed by atoms with Crippen LogP contribution in [0.15, 0.2) is 66.7 Å². The average Bonchev–Trinajstić information content (AvgIpc) is 2.84. The van der Waals surface area contributed by atoms with Crippen molar-refractivity contribution in [1.29, 1.82) is 0 Å². The van der Waals surface area contributed by atoms with E-state index in [0.29, 0.717) is 0 Å². The van der Waals surface area contributed by atoms with Crippen molar-refractivity contribution in [2.24, 2.45) is 0 Å². The zero-order valence-corrected chi connectivity index (χ0v) is 12.9. The number of hydrogen-bond donors (Lipinski definition) is 0. The third-order valence-corrected chi connectivity index (χ3v) is 4.66. The van der Waals surface area contributed by atoms with Gasteiger partial charge in [-0.15, -0.1) is 0 Å². The van der Waals surface area contributed by atoms with Gasteiger partial charge in [-0.2, -0.15) is 4.58 Å². The molecule has 0 N–H and O–H groups in total. The summed E-state index contributed by atoms with van der Waals surface area (Å²) < 4.78 is 2.49. The summed E-state index contributed by atoms with van der Waals surface area (Å²) in [7, 11) is 0. The lowest BCUT2D eigenvalue weighted by atomic mass is 10.0. The second kappa shape index (κ2) is 5.42. The fraction of sp³-hybridized carbons (Fsp3) is 0.190. The van der Waals surface area contributed by atoms with E-state index in [1.807, 2.05) is 0 Å². The zero-order valence-electron chi connectivity index (χ0n) is 12.9. The minimum atomic E-state index is 1.08. The van der Waals surface area contributed by atoms with Gasteiger partial charge in [-0.1, -0.05) is 54.6 Å². The molecule has 4 rings (SSSR count). The molecule has 0 atom stereocenters. The van der Waals surface area contributed by atoms with Gasteiger partial charge in [-0.3, -0.25) is 0 Å². The van der Waals surface area contributed by atoms with Gasteiger partial charge in [0, 0.05) is 19.4 Å². The lowest BCUT2D eigenvalue weighted by molar-refractivity contribution is -0.437. The van der Waals surface area contributed by atoms with Crippen molar-refractivity contribution in [3.63, 3.8) is 0 Å². The molecule has 0 saturated heterocycles. The molecule has 0 saturated carbocycles. The number of aryl methyl sites for hydroxylation is 1. The first-order valence-electron chi connectivity index (χ1n) is 8.02. The van der Waals surface area contributed by atoms with Gasteiger partial charge >= 0.3 is 0 Å². The van der Waals surface area contributed by atoms with Crippen LogP contribution >= 0.6 is 0 Å². The molecule has 0 amide bonds. The summed E-state index contributed by atoms with van der Waals surface area (Å²) in [4.78, 5) is 0. The molecule has 1 aliphatic heterocycles. The van der Waals surface area contributed by atoms with Crippen LogP contribution in [0, 0.1) is 0 Å². The zero-order chi connectivity index (χ0) is 14.9. The highest BCUT2D eigenvalue weighted by atomic mass is 15.0. The Balaban J connectivity index is 1.61. The molecule has 108 valence electrons. The Labute approximate surface area is 131 Å². The summed E-state index contributed by atoms with van der Waals surface area (Å²) in [5.74, 6) is 0. The van der Waals surface area contributed by atoms with E-state index in [9.17, 15) is 0 Å². The lowest BCUT2D eigenvalue weighted by Crippen LogP contribution is -2.13.